The molecule has 30 heavy (non-hydrogen) atoms. The monoisotopic (exact) mass is 418 g/mol. The molecule has 1 aliphatic rings. The molecule has 0 atom stereocenters. The van der Waals surface area contributed by atoms with Crippen molar-refractivity contribution in [1.82, 2.24) is 0 Å². The minimum atomic E-state index is -4.54. The van der Waals surface area contributed by atoms with Crippen LogP contribution >= 0.6 is 0 Å². The van der Waals surface area contributed by atoms with Gasteiger partial charge in [-0.05, 0) is 78.4 Å². The van der Waals surface area contributed by atoms with Crippen molar-refractivity contribution >= 4 is 12.0 Å². The molecule has 3 nitrogen and oxygen atoms in total. The standard InChI is InChI=1S/C24H25F3O3/c1-14-10-20-19(22(2,3)13-30-23(20,4)5)12-16(14)17-11-15(7-9-21(28)29)6-8-18(17)24(25,26)27/h6-12H,13H2,1-5H3,(H,28,29)/b9-7+. The number of carboxylic acids is 1. The average molecular weight is 418 g/mol. The summed E-state index contributed by atoms with van der Waals surface area (Å²) in [6.07, 6.45) is -2.33. The van der Waals surface area contributed by atoms with Crippen molar-refractivity contribution in [2.24, 2.45) is 0 Å². The Morgan fingerprint density at radius 1 is 1.07 bits per heavy atom. The summed E-state index contributed by atoms with van der Waals surface area (Å²) in [5.74, 6) is -1.16. The molecule has 1 heterocycles. The number of carboxylic acid groups (broad SMARTS) is 1. The number of fused-ring (bicyclic) bond motifs is 1. The number of aliphatic carboxylic acids is 1. The normalized spacial score (nSPS) is 17.7. The van der Waals surface area contributed by atoms with Crippen LogP contribution < -0.4 is 0 Å². The quantitative estimate of drug-likeness (QED) is 0.593. The maximum atomic E-state index is 13.8. The zero-order valence-corrected chi connectivity index (χ0v) is 17.6. The molecule has 0 saturated heterocycles. The molecule has 0 fully saturated rings. The van der Waals surface area contributed by atoms with Crippen LogP contribution in [-0.2, 0) is 26.7 Å². The Kier molecular flexibility index (Phi) is 5.35. The second kappa shape index (κ2) is 7.27. The van der Waals surface area contributed by atoms with Crippen LogP contribution in [0.2, 0.25) is 0 Å². The molecule has 6 heteroatoms. The summed E-state index contributed by atoms with van der Waals surface area (Å²) in [6, 6.07) is 7.43. The molecule has 0 bridgehead atoms. The smallest absolute Gasteiger partial charge is 0.417 e. The van der Waals surface area contributed by atoms with E-state index in [9.17, 15) is 18.0 Å². The fraction of sp³-hybridized carbons (Fsp3) is 0.375. The van der Waals surface area contributed by atoms with Crippen LogP contribution in [0.1, 0.15) is 55.5 Å². The van der Waals surface area contributed by atoms with Crippen LogP contribution in [0.25, 0.3) is 17.2 Å². The number of halogens is 3. The number of benzene rings is 2. The minimum absolute atomic E-state index is 0.0374. The van der Waals surface area contributed by atoms with E-state index >= 15 is 0 Å². The lowest BCUT2D eigenvalue weighted by Crippen LogP contribution is -2.40. The van der Waals surface area contributed by atoms with Crippen LogP contribution in [0.4, 0.5) is 13.2 Å². The highest BCUT2D eigenvalue weighted by Crippen LogP contribution is 2.46. The Morgan fingerprint density at radius 3 is 2.33 bits per heavy atom. The molecule has 1 N–H and O–H groups in total. The van der Waals surface area contributed by atoms with E-state index in [0.29, 0.717) is 23.3 Å². The van der Waals surface area contributed by atoms with E-state index < -0.39 is 23.3 Å². The van der Waals surface area contributed by atoms with E-state index in [1.165, 1.54) is 18.2 Å². The fourth-order valence-corrected chi connectivity index (χ4v) is 3.88. The number of carbonyl (C=O) groups is 1. The Labute approximate surface area is 174 Å². The lowest BCUT2D eigenvalue weighted by atomic mass is 9.73. The first-order valence-corrected chi connectivity index (χ1v) is 9.64. The Hall–Kier alpha value is -2.60. The largest absolute Gasteiger partial charge is 0.478 e. The number of rotatable bonds is 3. The van der Waals surface area contributed by atoms with Crippen molar-refractivity contribution < 1.29 is 27.8 Å². The second-order valence-electron chi connectivity index (χ2n) is 8.87. The summed E-state index contributed by atoms with van der Waals surface area (Å²) in [5.41, 5.74) is 1.90. The Bertz CT molecular complexity index is 1030. The number of hydrogen-bond donors (Lipinski definition) is 1. The van der Waals surface area contributed by atoms with Crippen LogP contribution in [0, 0.1) is 6.92 Å². The molecule has 0 radical (unpaired) electrons. The van der Waals surface area contributed by atoms with Gasteiger partial charge in [0, 0.05) is 11.5 Å². The highest BCUT2D eigenvalue weighted by Gasteiger charge is 2.39. The zero-order valence-electron chi connectivity index (χ0n) is 17.6. The molecule has 0 saturated carbocycles. The minimum Gasteiger partial charge on any atom is -0.478 e. The second-order valence-corrected chi connectivity index (χ2v) is 8.87. The van der Waals surface area contributed by atoms with E-state index in [2.05, 4.69) is 0 Å². The predicted molar refractivity (Wildman–Crippen MR) is 110 cm³/mol. The zero-order chi connectivity index (χ0) is 22.5. The van der Waals surface area contributed by atoms with Gasteiger partial charge < -0.3 is 9.84 Å². The summed E-state index contributed by atoms with van der Waals surface area (Å²) >= 11 is 0. The van der Waals surface area contributed by atoms with E-state index in [1.807, 2.05) is 39.8 Å². The van der Waals surface area contributed by atoms with Gasteiger partial charge in [0.25, 0.3) is 0 Å². The van der Waals surface area contributed by atoms with Crippen molar-refractivity contribution in [2.75, 3.05) is 6.61 Å². The van der Waals surface area contributed by atoms with E-state index in [0.717, 1.165) is 23.3 Å². The molecule has 0 spiro atoms. The lowest BCUT2D eigenvalue weighted by Gasteiger charge is -2.42. The van der Waals surface area contributed by atoms with Crippen LogP contribution in [0.15, 0.2) is 36.4 Å². The van der Waals surface area contributed by atoms with Gasteiger partial charge in [-0.2, -0.15) is 13.2 Å². The number of ether oxygens (including phenoxy) is 1. The average Bonchev–Trinajstić information content (AvgIpc) is 2.62. The molecule has 0 amide bonds. The maximum absolute atomic E-state index is 13.8. The summed E-state index contributed by atoms with van der Waals surface area (Å²) in [7, 11) is 0. The third-order valence-corrected chi connectivity index (χ3v) is 5.59. The molecular formula is C24H25F3O3. The van der Waals surface area contributed by atoms with Crippen molar-refractivity contribution in [3.8, 4) is 11.1 Å². The van der Waals surface area contributed by atoms with Gasteiger partial charge in [-0.3, -0.25) is 0 Å². The van der Waals surface area contributed by atoms with Crippen LogP contribution in [-0.4, -0.2) is 17.7 Å². The van der Waals surface area contributed by atoms with E-state index in [1.54, 1.807) is 6.92 Å². The third-order valence-electron chi connectivity index (χ3n) is 5.59. The van der Waals surface area contributed by atoms with Gasteiger partial charge in [-0.25, -0.2) is 4.79 Å². The predicted octanol–water partition coefficient (Wildman–Crippen LogP) is 6.32. The number of aryl methyl sites for hydroxylation is 1. The van der Waals surface area contributed by atoms with Gasteiger partial charge in [0.15, 0.2) is 0 Å². The first-order valence-electron chi connectivity index (χ1n) is 9.64. The molecule has 0 unspecified atom stereocenters. The highest BCUT2D eigenvalue weighted by atomic mass is 19.4. The SMILES string of the molecule is Cc1cc2c(cc1-c1cc(/C=C/C(=O)O)ccc1C(F)(F)F)C(C)(C)COC2(C)C. The summed E-state index contributed by atoms with van der Waals surface area (Å²) in [5, 5.41) is 8.85. The Morgan fingerprint density at radius 2 is 1.73 bits per heavy atom. The molecule has 2 aromatic carbocycles. The Balaban J connectivity index is 2.29. The van der Waals surface area contributed by atoms with Crippen LogP contribution in [0.3, 0.4) is 0 Å². The third kappa shape index (κ3) is 4.15. The first kappa shape index (κ1) is 22.1. The van der Waals surface area contributed by atoms with E-state index in [4.69, 9.17) is 9.84 Å². The van der Waals surface area contributed by atoms with E-state index in [-0.39, 0.29) is 11.0 Å². The number of alkyl halides is 3. The molecule has 2 aromatic rings. The van der Waals surface area contributed by atoms with Gasteiger partial charge >= 0.3 is 12.1 Å². The topological polar surface area (TPSA) is 46.5 Å². The molecule has 0 aliphatic carbocycles. The van der Waals surface area contributed by atoms with Crippen molar-refractivity contribution in [3.05, 3.63) is 64.2 Å². The molecule has 1 aliphatic heterocycles. The maximum Gasteiger partial charge on any atom is 0.417 e. The van der Waals surface area contributed by atoms with Gasteiger partial charge in [-0.1, -0.05) is 26.0 Å². The van der Waals surface area contributed by atoms with Gasteiger partial charge in [0.1, 0.15) is 0 Å². The molecular weight excluding hydrogens is 393 g/mol. The van der Waals surface area contributed by atoms with Gasteiger partial charge in [-0.15, -0.1) is 0 Å². The summed E-state index contributed by atoms with van der Waals surface area (Å²) < 4.78 is 47.4. The number of hydrogen-bond acceptors (Lipinski definition) is 2. The summed E-state index contributed by atoms with van der Waals surface area (Å²) in [4.78, 5) is 10.8. The molecule has 160 valence electrons. The van der Waals surface area contributed by atoms with Crippen LogP contribution in [0.5, 0.6) is 0 Å². The molecule has 3 rings (SSSR count). The highest BCUT2D eigenvalue weighted by molar-refractivity contribution is 5.86. The summed E-state index contributed by atoms with van der Waals surface area (Å²) in [6.45, 7) is 10.2. The first-order chi connectivity index (χ1) is 13.7. The van der Waals surface area contributed by atoms with Crippen molar-refractivity contribution in [3.63, 3.8) is 0 Å². The van der Waals surface area contributed by atoms with Crippen molar-refractivity contribution in [2.45, 2.75) is 51.8 Å². The van der Waals surface area contributed by atoms with Gasteiger partial charge in [0.2, 0.25) is 0 Å². The molecule has 0 aromatic heterocycles. The van der Waals surface area contributed by atoms with Crippen molar-refractivity contribution in [1.29, 1.82) is 0 Å². The van der Waals surface area contributed by atoms with Gasteiger partial charge in [0.05, 0.1) is 17.8 Å². The lowest BCUT2D eigenvalue weighted by molar-refractivity contribution is -0.137. The fourth-order valence-electron chi connectivity index (χ4n) is 3.88.